The van der Waals surface area contributed by atoms with Gasteiger partial charge in [-0.25, -0.2) is 4.98 Å². The molecule has 2 aromatic heterocycles. The third kappa shape index (κ3) is 3.81. The lowest BCUT2D eigenvalue weighted by molar-refractivity contribution is 0.837. The first-order chi connectivity index (χ1) is 16.8. The summed E-state index contributed by atoms with van der Waals surface area (Å²) in [6, 6.07) is 37.2. The van der Waals surface area contributed by atoms with E-state index in [9.17, 15) is 0 Å². The lowest BCUT2D eigenvalue weighted by Gasteiger charge is -2.05. The summed E-state index contributed by atoms with van der Waals surface area (Å²) in [5, 5.41) is 1.92. The Labute approximate surface area is 203 Å². The fourth-order valence-electron chi connectivity index (χ4n) is 4.47. The minimum atomic E-state index is 0.749. The van der Waals surface area contributed by atoms with Crippen molar-refractivity contribution in [1.29, 1.82) is 0 Å². The average molecular weight is 460 g/mol. The second-order valence-electron chi connectivity index (χ2n) is 8.36. The SMILES string of the molecule is Clc1ccc(Cn2cc(-c3nc(-c4ccccc4)c(-c4ccccc4)[nH]3)c3ccccc32)cc1. The van der Waals surface area contributed by atoms with Crippen LogP contribution in [0.1, 0.15) is 5.56 Å². The third-order valence-electron chi connectivity index (χ3n) is 6.12. The summed E-state index contributed by atoms with van der Waals surface area (Å²) in [6.07, 6.45) is 2.20. The molecule has 0 saturated heterocycles. The zero-order valence-corrected chi connectivity index (χ0v) is 19.2. The highest BCUT2D eigenvalue weighted by molar-refractivity contribution is 6.30. The Morgan fingerprint density at radius 2 is 1.35 bits per heavy atom. The molecule has 6 rings (SSSR count). The molecule has 4 heteroatoms. The van der Waals surface area contributed by atoms with Crippen LogP contribution in [0.2, 0.25) is 5.02 Å². The third-order valence-corrected chi connectivity index (χ3v) is 6.38. The van der Waals surface area contributed by atoms with Crippen molar-refractivity contribution >= 4 is 22.5 Å². The molecule has 0 aliphatic rings. The first-order valence-corrected chi connectivity index (χ1v) is 11.7. The van der Waals surface area contributed by atoms with Gasteiger partial charge in [-0.3, -0.25) is 0 Å². The molecule has 0 aliphatic carbocycles. The lowest BCUT2D eigenvalue weighted by Crippen LogP contribution is -1.97. The minimum absolute atomic E-state index is 0.749. The van der Waals surface area contributed by atoms with E-state index < -0.39 is 0 Å². The van der Waals surface area contributed by atoms with Crippen LogP contribution >= 0.6 is 11.6 Å². The molecule has 0 unspecified atom stereocenters. The molecule has 0 saturated carbocycles. The number of imidazole rings is 1. The fraction of sp³-hybridized carbons (Fsp3) is 0.0333. The summed E-state index contributed by atoms with van der Waals surface area (Å²) in [5.74, 6) is 0.865. The van der Waals surface area contributed by atoms with Gasteiger partial charge in [-0.2, -0.15) is 0 Å². The number of hydrogen-bond donors (Lipinski definition) is 1. The lowest BCUT2D eigenvalue weighted by atomic mass is 10.1. The molecule has 0 aliphatic heterocycles. The maximum Gasteiger partial charge on any atom is 0.140 e. The first kappa shape index (κ1) is 20.5. The van der Waals surface area contributed by atoms with E-state index in [0.717, 1.165) is 45.5 Å². The molecular formula is C30H22ClN3. The van der Waals surface area contributed by atoms with Gasteiger partial charge in [0.25, 0.3) is 0 Å². The number of rotatable bonds is 5. The number of para-hydroxylation sites is 1. The Kier molecular flexibility index (Phi) is 5.25. The van der Waals surface area contributed by atoms with Gasteiger partial charge in [0.2, 0.25) is 0 Å². The van der Waals surface area contributed by atoms with Gasteiger partial charge in [0, 0.05) is 45.4 Å². The van der Waals surface area contributed by atoms with Crippen molar-refractivity contribution in [3.8, 4) is 33.9 Å². The maximum absolute atomic E-state index is 6.09. The normalized spacial score (nSPS) is 11.2. The van der Waals surface area contributed by atoms with Crippen LogP contribution in [-0.4, -0.2) is 14.5 Å². The molecule has 0 amide bonds. The van der Waals surface area contributed by atoms with Crippen LogP contribution < -0.4 is 0 Å². The Morgan fingerprint density at radius 3 is 2.09 bits per heavy atom. The number of aromatic amines is 1. The number of aromatic nitrogens is 3. The van der Waals surface area contributed by atoms with Crippen LogP contribution in [0.4, 0.5) is 0 Å². The molecule has 4 aromatic carbocycles. The van der Waals surface area contributed by atoms with Crippen molar-refractivity contribution in [2.45, 2.75) is 6.54 Å². The van der Waals surface area contributed by atoms with Gasteiger partial charge in [0.15, 0.2) is 0 Å². The molecule has 164 valence electrons. The number of benzene rings is 4. The highest BCUT2D eigenvalue weighted by Gasteiger charge is 2.18. The van der Waals surface area contributed by atoms with Gasteiger partial charge < -0.3 is 9.55 Å². The summed E-state index contributed by atoms with van der Waals surface area (Å²) >= 11 is 6.09. The fourth-order valence-corrected chi connectivity index (χ4v) is 4.60. The van der Waals surface area contributed by atoms with E-state index in [1.54, 1.807) is 0 Å². The largest absolute Gasteiger partial charge is 0.342 e. The topological polar surface area (TPSA) is 33.6 Å². The average Bonchev–Trinajstić information content (AvgIpc) is 3.49. The van der Waals surface area contributed by atoms with Gasteiger partial charge >= 0.3 is 0 Å². The quantitative estimate of drug-likeness (QED) is 0.278. The van der Waals surface area contributed by atoms with E-state index in [-0.39, 0.29) is 0 Å². The number of nitrogens with one attached hydrogen (secondary N) is 1. The Balaban J connectivity index is 1.51. The molecule has 3 nitrogen and oxygen atoms in total. The van der Waals surface area contributed by atoms with Crippen LogP contribution in [-0.2, 0) is 6.54 Å². The number of H-pyrrole nitrogens is 1. The molecular weight excluding hydrogens is 438 g/mol. The van der Waals surface area contributed by atoms with Crippen molar-refractivity contribution in [3.63, 3.8) is 0 Å². The number of fused-ring (bicyclic) bond motifs is 1. The second kappa shape index (κ2) is 8.69. The number of halogens is 1. The number of hydrogen-bond acceptors (Lipinski definition) is 1. The van der Waals surface area contributed by atoms with Crippen LogP contribution in [0.25, 0.3) is 44.8 Å². The smallest absolute Gasteiger partial charge is 0.140 e. The summed E-state index contributed by atoms with van der Waals surface area (Å²) in [5.41, 5.74) is 7.65. The van der Waals surface area contributed by atoms with Gasteiger partial charge in [-0.05, 0) is 23.8 Å². The predicted molar refractivity (Wildman–Crippen MR) is 141 cm³/mol. The highest BCUT2D eigenvalue weighted by atomic mass is 35.5. The van der Waals surface area contributed by atoms with Crippen LogP contribution in [0.5, 0.6) is 0 Å². The van der Waals surface area contributed by atoms with Crippen molar-refractivity contribution in [2.24, 2.45) is 0 Å². The van der Waals surface area contributed by atoms with Gasteiger partial charge in [0.05, 0.1) is 11.4 Å². The molecule has 0 fully saturated rings. The van der Waals surface area contributed by atoms with Gasteiger partial charge in [-0.1, -0.05) is 103 Å². The van der Waals surface area contributed by atoms with Crippen molar-refractivity contribution < 1.29 is 0 Å². The van der Waals surface area contributed by atoms with E-state index in [0.29, 0.717) is 0 Å². The van der Waals surface area contributed by atoms with Crippen LogP contribution in [0.3, 0.4) is 0 Å². The molecule has 1 N–H and O–H groups in total. The van der Waals surface area contributed by atoms with Crippen molar-refractivity contribution in [3.05, 3.63) is 126 Å². The Bertz CT molecular complexity index is 1510. The summed E-state index contributed by atoms with van der Waals surface area (Å²) in [4.78, 5) is 8.77. The first-order valence-electron chi connectivity index (χ1n) is 11.3. The van der Waals surface area contributed by atoms with E-state index in [2.05, 4.69) is 101 Å². The number of nitrogens with zero attached hydrogens (tertiary/aromatic N) is 2. The Morgan fingerprint density at radius 1 is 0.706 bits per heavy atom. The standard InChI is InChI=1S/C30H22ClN3/c31-24-17-15-21(16-18-24)19-34-20-26(25-13-7-8-14-27(25)34)30-32-28(22-9-3-1-4-10-22)29(33-30)23-11-5-2-6-12-23/h1-18,20H,19H2,(H,32,33). The maximum atomic E-state index is 6.09. The van der Waals surface area contributed by atoms with Gasteiger partial charge in [-0.15, -0.1) is 0 Å². The second-order valence-corrected chi connectivity index (χ2v) is 8.79. The summed E-state index contributed by atoms with van der Waals surface area (Å²) in [6.45, 7) is 0.759. The molecule has 0 bridgehead atoms. The molecule has 0 radical (unpaired) electrons. The zero-order valence-electron chi connectivity index (χ0n) is 18.4. The molecule has 0 atom stereocenters. The van der Waals surface area contributed by atoms with Crippen molar-refractivity contribution in [1.82, 2.24) is 14.5 Å². The predicted octanol–water partition coefficient (Wildman–Crippen LogP) is 8.07. The van der Waals surface area contributed by atoms with E-state index in [1.165, 1.54) is 16.5 Å². The summed E-state index contributed by atoms with van der Waals surface area (Å²) in [7, 11) is 0. The van der Waals surface area contributed by atoms with Gasteiger partial charge in [0.1, 0.15) is 5.82 Å². The molecule has 2 heterocycles. The van der Waals surface area contributed by atoms with E-state index >= 15 is 0 Å². The Hall–Kier alpha value is -4.08. The minimum Gasteiger partial charge on any atom is -0.342 e. The summed E-state index contributed by atoms with van der Waals surface area (Å²) < 4.78 is 2.28. The molecule has 6 aromatic rings. The van der Waals surface area contributed by atoms with E-state index in [4.69, 9.17) is 16.6 Å². The van der Waals surface area contributed by atoms with E-state index in [1.807, 2.05) is 24.3 Å². The molecule has 34 heavy (non-hydrogen) atoms. The molecule has 0 spiro atoms. The zero-order chi connectivity index (χ0) is 22.9. The van der Waals surface area contributed by atoms with Crippen LogP contribution in [0.15, 0.2) is 115 Å². The monoisotopic (exact) mass is 459 g/mol. The van der Waals surface area contributed by atoms with Crippen LogP contribution in [0, 0.1) is 0 Å². The van der Waals surface area contributed by atoms with Crippen molar-refractivity contribution in [2.75, 3.05) is 0 Å². The highest BCUT2D eigenvalue weighted by Crippen LogP contribution is 2.36.